The molecule has 0 saturated carbocycles. The van der Waals surface area contributed by atoms with Crippen LogP contribution in [0.3, 0.4) is 0 Å². The average Bonchev–Trinajstić information content (AvgIpc) is 2.76. The Morgan fingerprint density at radius 1 is 1.00 bits per heavy atom. The number of nitrogens with zero attached hydrogens (tertiary/aromatic N) is 2. The molecule has 9 heteroatoms. The first kappa shape index (κ1) is 24.9. The van der Waals surface area contributed by atoms with Gasteiger partial charge in [0.15, 0.2) is 0 Å². The van der Waals surface area contributed by atoms with Crippen molar-refractivity contribution in [2.24, 2.45) is 5.92 Å². The van der Waals surface area contributed by atoms with E-state index in [1.54, 1.807) is 43.9 Å². The first-order valence-corrected chi connectivity index (χ1v) is 12.4. The molecule has 1 saturated heterocycles. The topological polar surface area (TPSA) is 86.8 Å². The van der Waals surface area contributed by atoms with Gasteiger partial charge in [0, 0.05) is 26.2 Å². The van der Waals surface area contributed by atoms with Crippen LogP contribution in [0.4, 0.5) is 4.39 Å². The maximum Gasteiger partial charge on any atom is 0.254 e. The minimum atomic E-state index is -3.67. The third-order valence-electron chi connectivity index (χ3n) is 5.84. The quantitative estimate of drug-likeness (QED) is 0.696. The zero-order valence-corrected chi connectivity index (χ0v) is 20.2. The van der Waals surface area contributed by atoms with Crippen LogP contribution < -0.4 is 5.32 Å². The van der Waals surface area contributed by atoms with E-state index in [0.717, 1.165) is 5.56 Å². The van der Waals surface area contributed by atoms with Gasteiger partial charge < -0.3 is 10.2 Å². The predicted octanol–water partition coefficient (Wildman–Crippen LogP) is 2.73. The van der Waals surface area contributed by atoms with Gasteiger partial charge in [-0.25, -0.2) is 12.8 Å². The summed E-state index contributed by atoms with van der Waals surface area (Å²) < 4.78 is 41.6. The van der Waals surface area contributed by atoms with Crippen LogP contribution in [0.15, 0.2) is 47.4 Å². The number of hydrogen-bond acceptors (Lipinski definition) is 4. The van der Waals surface area contributed by atoms with Gasteiger partial charge in [0.2, 0.25) is 15.9 Å². The Morgan fingerprint density at radius 2 is 1.64 bits per heavy atom. The van der Waals surface area contributed by atoms with E-state index in [4.69, 9.17) is 0 Å². The number of halogens is 1. The van der Waals surface area contributed by atoms with E-state index in [1.807, 2.05) is 13.0 Å². The van der Waals surface area contributed by atoms with Crippen LogP contribution in [0.25, 0.3) is 0 Å². The van der Waals surface area contributed by atoms with Crippen LogP contribution in [0.1, 0.15) is 35.3 Å². The Hall–Kier alpha value is -2.78. The van der Waals surface area contributed by atoms with E-state index < -0.39 is 27.8 Å². The van der Waals surface area contributed by atoms with Gasteiger partial charge in [-0.3, -0.25) is 9.59 Å². The molecule has 1 aliphatic heterocycles. The van der Waals surface area contributed by atoms with Crippen molar-refractivity contribution >= 4 is 21.8 Å². The molecular weight excluding hydrogens is 445 g/mol. The summed E-state index contributed by atoms with van der Waals surface area (Å²) in [6, 6.07) is 9.97. The third-order valence-corrected chi connectivity index (χ3v) is 7.90. The van der Waals surface area contributed by atoms with Crippen molar-refractivity contribution in [3.63, 3.8) is 0 Å². The number of piperazine rings is 1. The van der Waals surface area contributed by atoms with E-state index >= 15 is 0 Å². The standard InChI is InChI=1S/C24H30FN3O4S/c1-16(2)22(26-23(29)19-7-5-6-8-20(19)25)24(30)27-11-13-28(14-12-27)33(31,32)21-10-9-17(3)15-18(21)4/h5-10,15-16,22H,11-14H2,1-4H3,(H,26,29). The second-order valence-corrected chi connectivity index (χ2v) is 10.6. The number of carbonyl (C=O) groups excluding carboxylic acids is 2. The lowest BCUT2D eigenvalue weighted by atomic mass is 10.0. The molecule has 33 heavy (non-hydrogen) atoms. The van der Waals surface area contributed by atoms with Crippen molar-refractivity contribution < 1.29 is 22.4 Å². The number of hydrogen-bond donors (Lipinski definition) is 1. The fourth-order valence-electron chi connectivity index (χ4n) is 3.95. The molecular formula is C24H30FN3O4S. The smallest absolute Gasteiger partial charge is 0.254 e. The minimum Gasteiger partial charge on any atom is -0.340 e. The molecule has 0 spiro atoms. The number of sulfonamides is 1. The molecule has 1 aliphatic rings. The number of amides is 2. The van der Waals surface area contributed by atoms with Crippen molar-refractivity contribution in [3.05, 3.63) is 65.0 Å². The zero-order valence-electron chi connectivity index (χ0n) is 19.3. The predicted molar refractivity (Wildman–Crippen MR) is 124 cm³/mol. The first-order valence-electron chi connectivity index (χ1n) is 10.9. The Kier molecular flexibility index (Phi) is 7.54. The van der Waals surface area contributed by atoms with Crippen molar-refractivity contribution in [2.45, 2.75) is 38.6 Å². The largest absolute Gasteiger partial charge is 0.340 e. The highest BCUT2D eigenvalue weighted by Gasteiger charge is 2.35. The Balaban J connectivity index is 1.69. The second kappa shape index (κ2) is 10.0. The lowest BCUT2D eigenvalue weighted by Crippen LogP contribution is -2.57. The normalized spacial score (nSPS) is 16.0. The number of carbonyl (C=O) groups is 2. The fraction of sp³-hybridized carbons (Fsp3) is 0.417. The SMILES string of the molecule is Cc1ccc(S(=O)(=O)N2CCN(C(=O)C(NC(=O)c3ccccc3F)C(C)C)CC2)c(C)c1. The zero-order chi connectivity index (χ0) is 24.3. The van der Waals surface area contributed by atoms with Gasteiger partial charge in [0.25, 0.3) is 5.91 Å². The van der Waals surface area contributed by atoms with E-state index in [2.05, 4.69) is 5.32 Å². The maximum absolute atomic E-state index is 14.0. The number of rotatable bonds is 6. The molecule has 3 rings (SSSR count). The molecule has 1 heterocycles. The van der Waals surface area contributed by atoms with Crippen molar-refractivity contribution in [2.75, 3.05) is 26.2 Å². The summed E-state index contributed by atoms with van der Waals surface area (Å²) in [6.07, 6.45) is 0. The monoisotopic (exact) mass is 475 g/mol. The van der Waals surface area contributed by atoms with Crippen molar-refractivity contribution in [3.8, 4) is 0 Å². The number of aryl methyl sites for hydroxylation is 2. The summed E-state index contributed by atoms with van der Waals surface area (Å²) >= 11 is 0. The molecule has 1 atom stereocenters. The summed E-state index contributed by atoms with van der Waals surface area (Å²) in [7, 11) is -3.67. The van der Waals surface area contributed by atoms with Crippen LogP contribution in [0, 0.1) is 25.6 Å². The molecule has 0 bridgehead atoms. The van der Waals surface area contributed by atoms with Gasteiger partial charge >= 0.3 is 0 Å². The summed E-state index contributed by atoms with van der Waals surface area (Å²) in [6.45, 7) is 8.01. The summed E-state index contributed by atoms with van der Waals surface area (Å²) in [5.41, 5.74) is 1.54. The summed E-state index contributed by atoms with van der Waals surface area (Å²) in [4.78, 5) is 27.5. The molecule has 2 aromatic carbocycles. The highest BCUT2D eigenvalue weighted by Crippen LogP contribution is 2.22. The Labute approximate surface area is 194 Å². The lowest BCUT2D eigenvalue weighted by Gasteiger charge is -2.36. The first-order chi connectivity index (χ1) is 15.5. The molecule has 2 aromatic rings. The third kappa shape index (κ3) is 5.42. The van der Waals surface area contributed by atoms with Crippen LogP contribution in [-0.2, 0) is 14.8 Å². The molecule has 7 nitrogen and oxygen atoms in total. The van der Waals surface area contributed by atoms with Crippen LogP contribution in [0.5, 0.6) is 0 Å². The van der Waals surface area contributed by atoms with Gasteiger partial charge in [-0.05, 0) is 43.5 Å². The minimum absolute atomic E-state index is 0.125. The van der Waals surface area contributed by atoms with Gasteiger partial charge in [-0.2, -0.15) is 4.31 Å². The van der Waals surface area contributed by atoms with Crippen LogP contribution >= 0.6 is 0 Å². The molecule has 1 unspecified atom stereocenters. The van der Waals surface area contributed by atoms with Crippen molar-refractivity contribution in [1.82, 2.24) is 14.5 Å². The van der Waals surface area contributed by atoms with E-state index in [9.17, 15) is 22.4 Å². The second-order valence-electron chi connectivity index (χ2n) is 8.67. The van der Waals surface area contributed by atoms with Crippen LogP contribution in [-0.4, -0.2) is 61.7 Å². The molecule has 0 radical (unpaired) electrons. The molecule has 178 valence electrons. The number of nitrogens with one attached hydrogen (secondary N) is 1. The van der Waals surface area contributed by atoms with Gasteiger partial charge in [-0.15, -0.1) is 0 Å². The van der Waals surface area contributed by atoms with E-state index in [1.165, 1.54) is 22.5 Å². The van der Waals surface area contributed by atoms with Gasteiger partial charge in [0.1, 0.15) is 11.9 Å². The van der Waals surface area contributed by atoms with Crippen molar-refractivity contribution in [1.29, 1.82) is 0 Å². The highest BCUT2D eigenvalue weighted by molar-refractivity contribution is 7.89. The van der Waals surface area contributed by atoms with E-state index in [0.29, 0.717) is 5.56 Å². The van der Waals surface area contributed by atoms with Gasteiger partial charge in [0.05, 0.1) is 10.5 Å². The highest BCUT2D eigenvalue weighted by atomic mass is 32.2. The maximum atomic E-state index is 14.0. The molecule has 1 N–H and O–H groups in total. The molecule has 0 aromatic heterocycles. The Bertz CT molecular complexity index is 1140. The van der Waals surface area contributed by atoms with Crippen LogP contribution in [0.2, 0.25) is 0 Å². The van der Waals surface area contributed by atoms with E-state index in [-0.39, 0.29) is 48.5 Å². The number of benzene rings is 2. The Morgan fingerprint density at radius 3 is 2.21 bits per heavy atom. The lowest BCUT2D eigenvalue weighted by molar-refractivity contribution is -0.135. The summed E-state index contributed by atoms with van der Waals surface area (Å²) in [5.74, 6) is -1.85. The fourth-order valence-corrected chi connectivity index (χ4v) is 5.58. The molecule has 1 fully saturated rings. The van der Waals surface area contributed by atoms with Gasteiger partial charge in [-0.1, -0.05) is 43.7 Å². The molecule has 2 amide bonds. The molecule has 0 aliphatic carbocycles. The average molecular weight is 476 g/mol. The summed E-state index contributed by atoms with van der Waals surface area (Å²) in [5, 5.41) is 2.65.